The first kappa shape index (κ1) is 21.9. The first-order valence-electron chi connectivity index (χ1n) is 11.9. The molecule has 2 atom stereocenters. The van der Waals surface area contributed by atoms with Crippen molar-refractivity contribution in [3.05, 3.63) is 35.4 Å². The number of carbonyl (C=O) groups is 1. The molecule has 0 amide bonds. The third kappa shape index (κ3) is 6.90. The van der Waals surface area contributed by atoms with E-state index in [0.717, 1.165) is 19.3 Å². The van der Waals surface area contributed by atoms with Gasteiger partial charge in [0.15, 0.2) is 0 Å². The van der Waals surface area contributed by atoms with Gasteiger partial charge in [0.2, 0.25) is 0 Å². The normalized spacial score (nSPS) is 25.8. The number of ketones is 1. The first-order valence-corrected chi connectivity index (χ1v) is 12.5. The minimum atomic E-state index is 0.363. The molecule has 1 aromatic rings. The van der Waals surface area contributed by atoms with E-state index in [4.69, 9.17) is 11.6 Å². The molecular weight excluding hydrogens is 364 g/mol. The van der Waals surface area contributed by atoms with Crippen molar-refractivity contribution in [3.63, 3.8) is 0 Å². The quantitative estimate of drug-likeness (QED) is 0.453. The van der Waals surface area contributed by atoms with Gasteiger partial charge in [-0.25, -0.2) is 0 Å². The molecule has 0 radical (unpaired) electrons. The molecule has 1 nitrogen and oxygen atoms in total. The summed E-state index contributed by atoms with van der Waals surface area (Å²) in [6, 6.07) is 8.92. The van der Waals surface area contributed by atoms with E-state index in [0.29, 0.717) is 29.4 Å². The van der Waals surface area contributed by atoms with Crippen LogP contribution in [0.4, 0.5) is 0 Å². The summed E-state index contributed by atoms with van der Waals surface area (Å²) in [7, 11) is 0. The predicted molar refractivity (Wildman–Crippen MR) is 120 cm³/mol. The second kappa shape index (κ2) is 12.0. The van der Waals surface area contributed by atoms with E-state index in [1.54, 1.807) is 0 Å². The number of halogens is 1. The zero-order valence-corrected chi connectivity index (χ0v) is 18.4. The molecule has 1 aromatic carbocycles. The Kier molecular flexibility index (Phi) is 9.38. The fourth-order valence-corrected chi connectivity index (χ4v) is 5.55. The zero-order valence-electron chi connectivity index (χ0n) is 17.6. The summed E-state index contributed by atoms with van der Waals surface area (Å²) in [5.41, 5.74) is 2.67. The number of hydrogen-bond donors (Lipinski definition) is 0. The van der Waals surface area contributed by atoms with Gasteiger partial charge in [-0.1, -0.05) is 82.1 Å². The summed E-state index contributed by atoms with van der Waals surface area (Å²) in [6.45, 7) is 0. The molecule has 28 heavy (non-hydrogen) atoms. The van der Waals surface area contributed by atoms with Gasteiger partial charge in [-0.05, 0) is 55.1 Å². The standard InChI is InChI=1S/C26H39ClO/c27-20-22-14-17-24(18-15-22)23-10-8-7-9-21(13-16-23)19-26(28)25-11-5-3-1-2-4-6-12-25/h14-15,17-18,21,23,25H,1-13,16,19-20H2. The Morgan fingerprint density at radius 2 is 1.36 bits per heavy atom. The lowest BCUT2D eigenvalue weighted by molar-refractivity contribution is -0.124. The average Bonchev–Trinajstić information content (AvgIpc) is 2.84. The molecule has 2 aliphatic rings. The monoisotopic (exact) mass is 402 g/mol. The molecule has 2 unspecified atom stereocenters. The van der Waals surface area contributed by atoms with E-state index in [9.17, 15) is 4.79 Å². The van der Waals surface area contributed by atoms with E-state index >= 15 is 0 Å². The number of hydrogen-bond acceptors (Lipinski definition) is 1. The van der Waals surface area contributed by atoms with Gasteiger partial charge >= 0.3 is 0 Å². The van der Waals surface area contributed by atoms with Crippen LogP contribution in [0.15, 0.2) is 24.3 Å². The molecule has 0 heterocycles. The molecule has 2 fully saturated rings. The fourth-order valence-electron chi connectivity index (χ4n) is 5.37. The summed E-state index contributed by atoms with van der Waals surface area (Å²) >= 11 is 5.94. The van der Waals surface area contributed by atoms with Crippen LogP contribution in [0.1, 0.15) is 113 Å². The smallest absolute Gasteiger partial charge is 0.136 e. The Hall–Kier alpha value is -0.820. The lowest BCUT2D eigenvalue weighted by Crippen LogP contribution is -2.20. The van der Waals surface area contributed by atoms with Crippen molar-refractivity contribution >= 4 is 17.4 Å². The largest absolute Gasteiger partial charge is 0.299 e. The van der Waals surface area contributed by atoms with Gasteiger partial charge in [-0.15, -0.1) is 11.6 Å². The average molecular weight is 403 g/mol. The molecule has 0 bridgehead atoms. The predicted octanol–water partition coefficient (Wildman–Crippen LogP) is 8.19. The van der Waals surface area contributed by atoms with Gasteiger partial charge in [-0.3, -0.25) is 4.79 Å². The summed E-state index contributed by atoms with van der Waals surface area (Å²) in [6.07, 6.45) is 18.7. The zero-order chi connectivity index (χ0) is 19.6. The van der Waals surface area contributed by atoms with Crippen LogP contribution in [0.5, 0.6) is 0 Å². The highest BCUT2D eigenvalue weighted by molar-refractivity contribution is 6.17. The van der Waals surface area contributed by atoms with Crippen molar-refractivity contribution in [3.8, 4) is 0 Å². The Bertz CT molecular complexity index is 569. The van der Waals surface area contributed by atoms with E-state index in [1.807, 2.05) is 0 Å². The first-order chi connectivity index (χ1) is 13.8. The van der Waals surface area contributed by atoms with Crippen molar-refractivity contribution in [1.29, 1.82) is 0 Å². The molecule has 2 heteroatoms. The maximum Gasteiger partial charge on any atom is 0.136 e. The van der Waals surface area contributed by atoms with Gasteiger partial charge in [0.25, 0.3) is 0 Å². The Balaban J connectivity index is 1.53. The second-order valence-corrected chi connectivity index (χ2v) is 9.63. The van der Waals surface area contributed by atoms with Crippen LogP contribution < -0.4 is 0 Å². The topological polar surface area (TPSA) is 17.1 Å². The minimum absolute atomic E-state index is 0.363. The van der Waals surface area contributed by atoms with Crippen LogP contribution in [0.2, 0.25) is 0 Å². The van der Waals surface area contributed by atoms with Crippen molar-refractivity contribution in [2.24, 2.45) is 11.8 Å². The number of rotatable bonds is 5. The van der Waals surface area contributed by atoms with Crippen LogP contribution in [0, 0.1) is 11.8 Å². The van der Waals surface area contributed by atoms with Crippen LogP contribution in [0.25, 0.3) is 0 Å². The van der Waals surface area contributed by atoms with Crippen LogP contribution >= 0.6 is 11.6 Å². The lowest BCUT2D eigenvalue weighted by Gasteiger charge is -2.26. The van der Waals surface area contributed by atoms with Crippen LogP contribution in [-0.2, 0) is 10.7 Å². The Morgan fingerprint density at radius 3 is 2.04 bits per heavy atom. The van der Waals surface area contributed by atoms with E-state index in [2.05, 4.69) is 24.3 Å². The molecule has 0 aliphatic heterocycles. The van der Waals surface area contributed by atoms with Crippen molar-refractivity contribution in [2.75, 3.05) is 0 Å². The molecule has 3 rings (SSSR count). The molecule has 2 aliphatic carbocycles. The summed E-state index contributed by atoms with van der Waals surface area (Å²) in [4.78, 5) is 13.1. The summed E-state index contributed by atoms with van der Waals surface area (Å²) in [5.74, 6) is 2.83. The van der Waals surface area contributed by atoms with E-state index in [1.165, 1.54) is 88.2 Å². The highest BCUT2D eigenvalue weighted by Gasteiger charge is 2.24. The Morgan fingerprint density at radius 1 is 0.750 bits per heavy atom. The van der Waals surface area contributed by atoms with Crippen LogP contribution in [-0.4, -0.2) is 5.78 Å². The molecule has 2 saturated carbocycles. The SMILES string of the molecule is O=C(CC1CCCCC(c2ccc(CCl)cc2)CC1)C1CCCCCCCC1. The van der Waals surface area contributed by atoms with Crippen molar-refractivity contribution in [1.82, 2.24) is 0 Å². The molecule has 0 N–H and O–H groups in total. The number of carbonyl (C=O) groups excluding carboxylic acids is 1. The van der Waals surface area contributed by atoms with Gasteiger partial charge in [0.05, 0.1) is 0 Å². The van der Waals surface area contributed by atoms with Gasteiger partial charge in [0.1, 0.15) is 5.78 Å². The minimum Gasteiger partial charge on any atom is -0.299 e. The van der Waals surface area contributed by atoms with E-state index in [-0.39, 0.29) is 0 Å². The molecular formula is C26H39ClO. The molecule has 0 aromatic heterocycles. The van der Waals surface area contributed by atoms with E-state index < -0.39 is 0 Å². The number of alkyl halides is 1. The van der Waals surface area contributed by atoms with Crippen molar-refractivity contribution in [2.45, 2.75) is 108 Å². The highest BCUT2D eigenvalue weighted by atomic mass is 35.5. The molecule has 0 spiro atoms. The fraction of sp³-hybridized carbons (Fsp3) is 0.731. The molecule has 0 saturated heterocycles. The third-order valence-corrected chi connectivity index (χ3v) is 7.55. The third-order valence-electron chi connectivity index (χ3n) is 7.24. The maximum absolute atomic E-state index is 13.1. The molecule has 156 valence electrons. The van der Waals surface area contributed by atoms with Crippen molar-refractivity contribution < 1.29 is 4.79 Å². The maximum atomic E-state index is 13.1. The second-order valence-electron chi connectivity index (χ2n) is 9.37. The summed E-state index contributed by atoms with van der Waals surface area (Å²) < 4.78 is 0. The number of benzene rings is 1. The number of Topliss-reactive ketones (excluding diaryl/α,β-unsaturated/α-hetero) is 1. The highest BCUT2D eigenvalue weighted by Crippen LogP contribution is 2.35. The van der Waals surface area contributed by atoms with Gasteiger partial charge < -0.3 is 0 Å². The van der Waals surface area contributed by atoms with Gasteiger partial charge in [-0.2, -0.15) is 0 Å². The lowest BCUT2D eigenvalue weighted by atomic mass is 9.78. The van der Waals surface area contributed by atoms with Gasteiger partial charge in [0, 0.05) is 18.2 Å². The Labute approximate surface area is 177 Å². The summed E-state index contributed by atoms with van der Waals surface area (Å²) in [5, 5.41) is 0. The van der Waals surface area contributed by atoms with Crippen LogP contribution in [0.3, 0.4) is 0 Å².